The average Bonchev–Trinajstić information content (AvgIpc) is 3.12. The molecule has 2 aliphatic rings. The third kappa shape index (κ3) is 3.63. The fraction of sp³-hybridized carbons (Fsp3) is 0.833. The highest BCUT2D eigenvalue weighted by Crippen LogP contribution is 2.20. The molecule has 1 aliphatic carbocycles. The molecule has 1 aliphatic heterocycles. The Morgan fingerprint density at radius 1 is 1.61 bits per heavy atom. The zero-order chi connectivity index (χ0) is 13.1. The standard InChI is InChI=1S/C12H21N3O2S/c1-8(6-11(13)18)15-4-5-17-7-10(15)12(16)14-9-2-3-9/h8-10H,2-7H2,1H3,(H2,13,18)(H,14,16). The Morgan fingerprint density at radius 2 is 2.33 bits per heavy atom. The van der Waals surface area contributed by atoms with Crippen molar-refractivity contribution in [1.82, 2.24) is 10.2 Å². The first-order chi connectivity index (χ1) is 8.58. The number of nitrogens with two attached hydrogens (primary N) is 1. The van der Waals surface area contributed by atoms with Gasteiger partial charge >= 0.3 is 0 Å². The lowest BCUT2D eigenvalue weighted by molar-refractivity contribution is -0.134. The normalized spacial score (nSPS) is 26.6. The van der Waals surface area contributed by atoms with E-state index < -0.39 is 0 Å². The molecular weight excluding hydrogens is 250 g/mol. The fourth-order valence-corrected chi connectivity index (χ4v) is 2.55. The van der Waals surface area contributed by atoms with Crippen LogP contribution in [-0.2, 0) is 9.53 Å². The summed E-state index contributed by atoms with van der Waals surface area (Å²) in [6, 6.07) is 0.359. The van der Waals surface area contributed by atoms with E-state index in [1.54, 1.807) is 0 Å². The molecule has 0 bridgehead atoms. The van der Waals surface area contributed by atoms with Gasteiger partial charge in [0, 0.05) is 25.0 Å². The van der Waals surface area contributed by atoms with Gasteiger partial charge in [0.1, 0.15) is 6.04 Å². The quantitative estimate of drug-likeness (QED) is 0.691. The van der Waals surface area contributed by atoms with Gasteiger partial charge in [-0.05, 0) is 19.8 Å². The minimum absolute atomic E-state index is 0.0759. The molecule has 6 heteroatoms. The van der Waals surface area contributed by atoms with Crippen molar-refractivity contribution < 1.29 is 9.53 Å². The Kier molecular flexibility index (Phi) is 4.53. The second-order valence-corrected chi connectivity index (χ2v) is 5.66. The highest BCUT2D eigenvalue weighted by molar-refractivity contribution is 7.80. The van der Waals surface area contributed by atoms with Gasteiger partial charge in [0.05, 0.1) is 18.2 Å². The smallest absolute Gasteiger partial charge is 0.239 e. The maximum absolute atomic E-state index is 12.2. The van der Waals surface area contributed by atoms with Gasteiger partial charge in [-0.25, -0.2) is 0 Å². The van der Waals surface area contributed by atoms with Crippen LogP contribution in [0, 0.1) is 0 Å². The summed E-state index contributed by atoms with van der Waals surface area (Å²) in [5.74, 6) is 0.0759. The van der Waals surface area contributed by atoms with Crippen molar-refractivity contribution in [2.24, 2.45) is 5.73 Å². The van der Waals surface area contributed by atoms with Crippen LogP contribution in [0.3, 0.4) is 0 Å². The van der Waals surface area contributed by atoms with Crippen LogP contribution >= 0.6 is 12.2 Å². The summed E-state index contributed by atoms with van der Waals surface area (Å²) in [6.07, 6.45) is 2.84. The summed E-state index contributed by atoms with van der Waals surface area (Å²) < 4.78 is 5.42. The molecule has 1 amide bonds. The third-order valence-electron chi connectivity index (χ3n) is 3.46. The van der Waals surface area contributed by atoms with E-state index in [1.165, 1.54) is 0 Å². The number of carbonyl (C=O) groups excluding carboxylic acids is 1. The molecule has 0 radical (unpaired) electrons. The SMILES string of the molecule is CC(CC(N)=S)N1CCOCC1C(=O)NC1CC1. The molecule has 0 spiro atoms. The summed E-state index contributed by atoms with van der Waals surface area (Å²) in [7, 11) is 0. The highest BCUT2D eigenvalue weighted by atomic mass is 32.1. The van der Waals surface area contributed by atoms with E-state index in [0.29, 0.717) is 30.7 Å². The maximum atomic E-state index is 12.2. The number of rotatable bonds is 5. The molecule has 18 heavy (non-hydrogen) atoms. The second-order valence-electron chi connectivity index (χ2n) is 5.13. The summed E-state index contributed by atoms with van der Waals surface area (Å²) in [5, 5.41) is 3.04. The molecule has 2 fully saturated rings. The summed E-state index contributed by atoms with van der Waals surface area (Å²) >= 11 is 4.94. The van der Waals surface area contributed by atoms with Gasteiger partial charge in [-0.3, -0.25) is 9.69 Å². The van der Waals surface area contributed by atoms with Crippen molar-refractivity contribution in [2.75, 3.05) is 19.8 Å². The lowest BCUT2D eigenvalue weighted by Gasteiger charge is -2.38. The first-order valence-corrected chi connectivity index (χ1v) is 6.91. The van der Waals surface area contributed by atoms with Crippen LogP contribution in [0.25, 0.3) is 0 Å². The summed E-state index contributed by atoms with van der Waals surface area (Å²) in [4.78, 5) is 14.8. The number of carbonyl (C=O) groups is 1. The van der Waals surface area contributed by atoms with E-state index in [4.69, 9.17) is 22.7 Å². The number of nitrogens with zero attached hydrogens (tertiary/aromatic N) is 1. The lowest BCUT2D eigenvalue weighted by Crippen LogP contribution is -2.57. The maximum Gasteiger partial charge on any atom is 0.239 e. The molecule has 0 aromatic heterocycles. The second kappa shape index (κ2) is 5.95. The zero-order valence-electron chi connectivity index (χ0n) is 10.7. The minimum Gasteiger partial charge on any atom is -0.393 e. The molecule has 0 aromatic rings. The van der Waals surface area contributed by atoms with Crippen LogP contribution in [0.2, 0.25) is 0 Å². The largest absolute Gasteiger partial charge is 0.393 e. The molecular formula is C12H21N3O2S. The van der Waals surface area contributed by atoms with Crippen molar-refractivity contribution >= 4 is 23.1 Å². The minimum atomic E-state index is -0.205. The van der Waals surface area contributed by atoms with Gasteiger partial charge < -0.3 is 15.8 Å². The van der Waals surface area contributed by atoms with Crippen LogP contribution < -0.4 is 11.1 Å². The van der Waals surface area contributed by atoms with E-state index in [9.17, 15) is 4.79 Å². The molecule has 2 rings (SSSR count). The number of nitrogens with one attached hydrogen (secondary N) is 1. The predicted octanol–water partition coefficient (Wildman–Crippen LogP) is 0.0305. The molecule has 2 unspecified atom stereocenters. The van der Waals surface area contributed by atoms with Crippen molar-refractivity contribution in [3.63, 3.8) is 0 Å². The Morgan fingerprint density at radius 3 is 2.94 bits per heavy atom. The Labute approximate surface area is 113 Å². The van der Waals surface area contributed by atoms with Gasteiger partial charge in [0.25, 0.3) is 0 Å². The molecule has 1 saturated carbocycles. The molecule has 3 N–H and O–H groups in total. The van der Waals surface area contributed by atoms with Gasteiger partial charge in [-0.1, -0.05) is 12.2 Å². The molecule has 2 atom stereocenters. The number of hydrogen-bond donors (Lipinski definition) is 2. The van der Waals surface area contributed by atoms with Gasteiger partial charge in [-0.15, -0.1) is 0 Å². The van der Waals surface area contributed by atoms with Crippen molar-refractivity contribution in [3.05, 3.63) is 0 Å². The van der Waals surface area contributed by atoms with E-state index in [1.807, 2.05) is 0 Å². The van der Waals surface area contributed by atoms with Gasteiger partial charge in [-0.2, -0.15) is 0 Å². The molecule has 102 valence electrons. The van der Waals surface area contributed by atoms with E-state index in [2.05, 4.69) is 17.1 Å². The number of amides is 1. The monoisotopic (exact) mass is 271 g/mol. The predicted molar refractivity (Wildman–Crippen MR) is 73.3 cm³/mol. The average molecular weight is 271 g/mol. The third-order valence-corrected chi connectivity index (χ3v) is 3.63. The molecule has 0 aromatic carbocycles. The first-order valence-electron chi connectivity index (χ1n) is 6.50. The van der Waals surface area contributed by atoms with Crippen LogP contribution in [0.1, 0.15) is 26.2 Å². The summed E-state index contributed by atoms with van der Waals surface area (Å²) in [5.41, 5.74) is 5.59. The van der Waals surface area contributed by atoms with Gasteiger partial charge in [0.2, 0.25) is 5.91 Å². The first kappa shape index (κ1) is 13.7. The van der Waals surface area contributed by atoms with E-state index in [0.717, 1.165) is 19.4 Å². The van der Waals surface area contributed by atoms with Crippen molar-refractivity contribution in [3.8, 4) is 0 Å². The van der Waals surface area contributed by atoms with Gasteiger partial charge in [0.15, 0.2) is 0 Å². The zero-order valence-corrected chi connectivity index (χ0v) is 11.5. The lowest BCUT2D eigenvalue weighted by atomic mass is 10.1. The number of hydrogen-bond acceptors (Lipinski definition) is 4. The highest BCUT2D eigenvalue weighted by Gasteiger charge is 2.35. The van der Waals surface area contributed by atoms with Crippen molar-refractivity contribution in [2.45, 2.75) is 44.3 Å². The van der Waals surface area contributed by atoms with Crippen LogP contribution in [0.15, 0.2) is 0 Å². The summed E-state index contributed by atoms with van der Waals surface area (Å²) in [6.45, 7) is 3.93. The Balaban J connectivity index is 1.95. The van der Waals surface area contributed by atoms with Crippen LogP contribution in [0.4, 0.5) is 0 Å². The van der Waals surface area contributed by atoms with Crippen LogP contribution in [-0.4, -0.2) is 53.7 Å². The van der Waals surface area contributed by atoms with Crippen molar-refractivity contribution in [1.29, 1.82) is 0 Å². The Hall–Kier alpha value is -0.720. The molecule has 5 nitrogen and oxygen atoms in total. The topological polar surface area (TPSA) is 67.6 Å². The van der Waals surface area contributed by atoms with Crippen LogP contribution in [0.5, 0.6) is 0 Å². The fourth-order valence-electron chi connectivity index (χ4n) is 2.30. The Bertz CT molecular complexity index is 333. The number of morpholine rings is 1. The molecule has 1 heterocycles. The number of ether oxygens (including phenoxy) is 1. The van der Waals surface area contributed by atoms with E-state index in [-0.39, 0.29) is 18.0 Å². The number of thiocarbonyl (C=S) groups is 1. The van der Waals surface area contributed by atoms with E-state index >= 15 is 0 Å². The molecule has 1 saturated heterocycles.